The molecular weight excluding hydrogens is 398 g/mol. The number of aryl methyl sites for hydroxylation is 1. The summed E-state index contributed by atoms with van der Waals surface area (Å²) in [4.78, 5) is 18.3. The fraction of sp³-hybridized carbons (Fsp3) is 0.409. The van der Waals surface area contributed by atoms with E-state index >= 15 is 0 Å². The van der Waals surface area contributed by atoms with Crippen LogP contribution in [0.1, 0.15) is 12.1 Å². The van der Waals surface area contributed by atoms with Crippen molar-refractivity contribution in [3.8, 4) is 0 Å². The first-order valence-corrected chi connectivity index (χ1v) is 10.8. The molecule has 1 saturated heterocycles. The highest BCUT2D eigenvalue weighted by Crippen LogP contribution is 2.24. The third-order valence-corrected chi connectivity index (χ3v) is 5.56. The second-order valence-corrected chi connectivity index (χ2v) is 8.14. The summed E-state index contributed by atoms with van der Waals surface area (Å²) in [5.41, 5.74) is 2.96. The first kappa shape index (κ1) is 20.6. The van der Waals surface area contributed by atoms with E-state index in [9.17, 15) is 0 Å². The van der Waals surface area contributed by atoms with Crippen molar-refractivity contribution in [3.05, 3.63) is 47.2 Å². The van der Waals surface area contributed by atoms with E-state index in [-0.39, 0.29) is 0 Å². The molecule has 3 aromatic rings. The van der Waals surface area contributed by atoms with Crippen LogP contribution in [0.5, 0.6) is 0 Å². The van der Waals surface area contributed by atoms with E-state index in [0.717, 1.165) is 73.8 Å². The number of hydrogen-bond acceptors (Lipinski definition) is 7. The Balaban J connectivity index is 1.30. The molecule has 30 heavy (non-hydrogen) atoms. The second-order valence-electron chi connectivity index (χ2n) is 7.71. The van der Waals surface area contributed by atoms with Gasteiger partial charge >= 0.3 is 0 Å². The van der Waals surface area contributed by atoms with Gasteiger partial charge in [-0.2, -0.15) is 4.98 Å². The zero-order valence-corrected chi connectivity index (χ0v) is 18.3. The van der Waals surface area contributed by atoms with Crippen molar-refractivity contribution < 1.29 is 0 Å². The molecule has 1 aliphatic heterocycles. The molecule has 0 spiro atoms. The summed E-state index contributed by atoms with van der Waals surface area (Å²) in [5, 5.41) is 8.65. The van der Waals surface area contributed by atoms with Crippen LogP contribution < -0.4 is 15.5 Å². The maximum absolute atomic E-state index is 6.07. The summed E-state index contributed by atoms with van der Waals surface area (Å²) in [7, 11) is 2.16. The predicted octanol–water partition coefficient (Wildman–Crippen LogP) is 3.65. The number of anilines is 3. The van der Waals surface area contributed by atoms with Crippen molar-refractivity contribution >= 4 is 40.0 Å². The summed E-state index contributed by atoms with van der Waals surface area (Å²) in [6.07, 6.45) is 2.75. The van der Waals surface area contributed by atoms with Gasteiger partial charge in [0.05, 0.1) is 5.52 Å². The van der Waals surface area contributed by atoms with Crippen molar-refractivity contribution in [1.82, 2.24) is 19.9 Å². The van der Waals surface area contributed by atoms with E-state index in [2.05, 4.69) is 43.5 Å². The van der Waals surface area contributed by atoms with E-state index in [1.54, 1.807) is 6.20 Å². The van der Waals surface area contributed by atoms with Crippen LogP contribution in [0.25, 0.3) is 10.9 Å². The quantitative estimate of drug-likeness (QED) is 0.560. The maximum Gasteiger partial charge on any atom is 0.224 e. The minimum atomic E-state index is 0.699. The highest BCUT2D eigenvalue weighted by atomic mass is 35.5. The van der Waals surface area contributed by atoms with E-state index in [1.165, 1.54) is 0 Å². The van der Waals surface area contributed by atoms with Crippen LogP contribution in [0.3, 0.4) is 0 Å². The number of nitrogens with one attached hydrogen (secondary N) is 2. The van der Waals surface area contributed by atoms with Crippen molar-refractivity contribution in [3.63, 3.8) is 0 Å². The van der Waals surface area contributed by atoms with Crippen molar-refractivity contribution in [2.45, 2.75) is 13.3 Å². The van der Waals surface area contributed by atoms with E-state index in [4.69, 9.17) is 16.6 Å². The molecule has 4 rings (SSSR count). The number of benzene rings is 1. The molecule has 3 heterocycles. The SMILES string of the molecule is Cc1cc(N2CCN(C)CC2)nc(NCCCNc2ccnc3cc(Cl)ccc23)n1. The number of likely N-dealkylation sites (N-methyl/N-ethyl adjacent to an activating group) is 1. The van der Waals surface area contributed by atoms with Crippen LogP contribution in [-0.4, -0.2) is 66.2 Å². The Bertz CT molecular complexity index is 1000. The standard InChI is InChI=1S/C22H28ClN7/c1-16-14-21(30-12-10-29(2)11-13-30)28-22(27-16)26-8-3-7-24-19-6-9-25-20-15-17(23)4-5-18(19)20/h4-6,9,14-15H,3,7-8,10-13H2,1-2H3,(H,24,25)(H,26,27,28). The van der Waals surface area contributed by atoms with Gasteiger partial charge in [-0.25, -0.2) is 4.98 Å². The Hall–Kier alpha value is -2.64. The fourth-order valence-corrected chi connectivity index (χ4v) is 3.78. The first-order chi connectivity index (χ1) is 14.6. The molecule has 7 nitrogen and oxygen atoms in total. The summed E-state index contributed by atoms with van der Waals surface area (Å²) in [6.45, 7) is 7.79. The molecule has 0 aliphatic carbocycles. The number of pyridine rings is 1. The van der Waals surface area contributed by atoms with E-state index < -0.39 is 0 Å². The molecule has 0 atom stereocenters. The molecule has 0 saturated carbocycles. The van der Waals surface area contributed by atoms with E-state index in [1.807, 2.05) is 31.2 Å². The van der Waals surface area contributed by atoms with Gasteiger partial charge in [0, 0.05) is 73.3 Å². The molecule has 0 amide bonds. The highest BCUT2D eigenvalue weighted by molar-refractivity contribution is 6.31. The average molecular weight is 426 g/mol. The zero-order chi connectivity index (χ0) is 20.9. The fourth-order valence-electron chi connectivity index (χ4n) is 3.62. The number of rotatable bonds is 7. The van der Waals surface area contributed by atoms with Gasteiger partial charge in [0.1, 0.15) is 5.82 Å². The average Bonchev–Trinajstić information content (AvgIpc) is 2.73. The van der Waals surface area contributed by atoms with Gasteiger partial charge in [-0.1, -0.05) is 11.6 Å². The summed E-state index contributed by atoms with van der Waals surface area (Å²) >= 11 is 6.07. The highest BCUT2D eigenvalue weighted by Gasteiger charge is 2.16. The molecular formula is C22H28ClN7. The van der Waals surface area contributed by atoms with Crippen LogP contribution in [0.4, 0.5) is 17.5 Å². The predicted molar refractivity (Wildman–Crippen MR) is 125 cm³/mol. The lowest BCUT2D eigenvalue weighted by atomic mass is 10.2. The van der Waals surface area contributed by atoms with Gasteiger partial charge in [0.15, 0.2) is 0 Å². The number of halogens is 1. The monoisotopic (exact) mass is 425 g/mol. The normalized spacial score (nSPS) is 14.8. The number of hydrogen-bond donors (Lipinski definition) is 2. The molecule has 1 aliphatic rings. The van der Waals surface area contributed by atoms with Crippen LogP contribution in [-0.2, 0) is 0 Å². The Morgan fingerprint density at radius 2 is 1.80 bits per heavy atom. The Kier molecular flexibility index (Phi) is 6.50. The van der Waals surface area contributed by atoms with Gasteiger partial charge < -0.3 is 20.4 Å². The summed E-state index contributed by atoms with van der Waals surface area (Å²) in [6, 6.07) is 9.85. The van der Waals surface area contributed by atoms with Crippen molar-refractivity contribution in [1.29, 1.82) is 0 Å². The molecule has 0 unspecified atom stereocenters. The van der Waals surface area contributed by atoms with Crippen molar-refractivity contribution in [2.24, 2.45) is 0 Å². The molecule has 1 fully saturated rings. The van der Waals surface area contributed by atoms with Gasteiger partial charge in [0.2, 0.25) is 5.95 Å². The Morgan fingerprint density at radius 3 is 2.63 bits per heavy atom. The van der Waals surface area contributed by atoms with Gasteiger partial charge in [0.25, 0.3) is 0 Å². The van der Waals surface area contributed by atoms with Crippen LogP contribution in [0, 0.1) is 6.92 Å². The van der Waals surface area contributed by atoms with E-state index in [0.29, 0.717) is 11.0 Å². The molecule has 8 heteroatoms. The third kappa shape index (κ3) is 5.09. The van der Waals surface area contributed by atoms with Gasteiger partial charge in [-0.15, -0.1) is 0 Å². The largest absolute Gasteiger partial charge is 0.384 e. The van der Waals surface area contributed by atoms with Gasteiger partial charge in [-0.3, -0.25) is 4.98 Å². The Labute approximate surface area is 182 Å². The molecule has 1 aromatic carbocycles. The van der Waals surface area contributed by atoms with Crippen LogP contribution in [0.15, 0.2) is 36.5 Å². The topological polar surface area (TPSA) is 69.2 Å². The Morgan fingerprint density at radius 1 is 1.00 bits per heavy atom. The third-order valence-electron chi connectivity index (χ3n) is 5.32. The number of fused-ring (bicyclic) bond motifs is 1. The molecule has 158 valence electrons. The summed E-state index contributed by atoms with van der Waals surface area (Å²) in [5.74, 6) is 1.71. The van der Waals surface area contributed by atoms with Crippen LogP contribution in [0.2, 0.25) is 5.02 Å². The minimum absolute atomic E-state index is 0.699. The molecule has 2 N–H and O–H groups in total. The van der Waals surface area contributed by atoms with Gasteiger partial charge in [-0.05, 0) is 44.7 Å². The second kappa shape index (κ2) is 9.45. The molecule has 0 bridgehead atoms. The lowest BCUT2D eigenvalue weighted by Gasteiger charge is -2.33. The first-order valence-electron chi connectivity index (χ1n) is 10.4. The maximum atomic E-state index is 6.07. The lowest BCUT2D eigenvalue weighted by molar-refractivity contribution is 0.312. The van der Waals surface area contributed by atoms with Crippen molar-refractivity contribution in [2.75, 3.05) is 61.8 Å². The smallest absolute Gasteiger partial charge is 0.224 e. The number of nitrogens with zero attached hydrogens (tertiary/aromatic N) is 5. The van der Waals surface area contributed by atoms with Crippen LogP contribution >= 0.6 is 11.6 Å². The summed E-state index contributed by atoms with van der Waals surface area (Å²) < 4.78 is 0. The number of aromatic nitrogens is 3. The molecule has 0 radical (unpaired) electrons. The zero-order valence-electron chi connectivity index (χ0n) is 17.5. The molecule has 2 aromatic heterocycles. The lowest BCUT2D eigenvalue weighted by Crippen LogP contribution is -2.44. The number of piperazine rings is 1. The minimum Gasteiger partial charge on any atom is -0.384 e.